The Labute approximate surface area is 205 Å². The second-order valence-electron chi connectivity index (χ2n) is 8.27. The second-order valence-corrected chi connectivity index (χ2v) is 8.27. The average molecular weight is 476 g/mol. The molecule has 0 N–H and O–H groups in total. The molecule has 0 aliphatic carbocycles. The third-order valence-electron chi connectivity index (χ3n) is 5.16. The van der Waals surface area contributed by atoms with Gasteiger partial charge < -0.3 is 14.4 Å². The first kappa shape index (κ1) is 25.6. The van der Waals surface area contributed by atoms with Crippen LogP contribution in [0.2, 0.25) is 0 Å². The van der Waals surface area contributed by atoms with E-state index in [1.807, 2.05) is 73.6 Å². The molecule has 3 aromatic carbocycles. The summed E-state index contributed by atoms with van der Waals surface area (Å²) in [5, 5.41) is 8.19. The highest BCUT2D eigenvalue weighted by Gasteiger charge is 2.06. The van der Waals surface area contributed by atoms with Gasteiger partial charge in [-0.3, -0.25) is 0 Å². The van der Waals surface area contributed by atoms with Crippen LogP contribution >= 0.6 is 0 Å². The van der Waals surface area contributed by atoms with Crippen LogP contribution in [0.5, 0.6) is 5.75 Å². The minimum absolute atomic E-state index is 0.180. The normalized spacial score (nSPS) is 10.9. The fourth-order valence-corrected chi connectivity index (χ4v) is 3.12. The molecule has 0 saturated heterocycles. The first-order valence-corrected chi connectivity index (χ1v) is 11.4. The number of ether oxygens (including phenoxy) is 2. The molecular formula is C28H30FN3O3. The number of unbranched alkanes of at least 4 members (excludes halogenated alkanes) is 1. The molecule has 0 radical (unpaired) electrons. The van der Waals surface area contributed by atoms with Gasteiger partial charge in [0, 0.05) is 25.4 Å². The molecule has 0 fully saturated rings. The van der Waals surface area contributed by atoms with E-state index in [-0.39, 0.29) is 11.7 Å². The third-order valence-corrected chi connectivity index (χ3v) is 5.16. The molecule has 182 valence electrons. The van der Waals surface area contributed by atoms with Gasteiger partial charge in [0.1, 0.15) is 11.4 Å². The SMILES string of the molecule is C=C(C)C(=O)OCCCCOc1ccc(-c2ccc(/N=N/c3ccc(N(C)C)cc3)c(F)c2)cc1. The Hall–Kier alpha value is -4.00. The van der Waals surface area contributed by atoms with Gasteiger partial charge in [-0.15, -0.1) is 5.11 Å². The molecule has 3 rings (SSSR count). The molecule has 35 heavy (non-hydrogen) atoms. The summed E-state index contributed by atoms with van der Waals surface area (Å²) in [6.45, 7) is 6.02. The van der Waals surface area contributed by atoms with Crippen LogP contribution < -0.4 is 9.64 Å². The first-order chi connectivity index (χ1) is 16.8. The van der Waals surface area contributed by atoms with E-state index in [0.29, 0.717) is 30.9 Å². The van der Waals surface area contributed by atoms with E-state index in [9.17, 15) is 9.18 Å². The molecule has 0 atom stereocenters. The van der Waals surface area contributed by atoms with Crippen LogP contribution in [0.3, 0.4) is 0 Å². The van der Waals surface area contributed by atoms with Crippen molar-refractivity contribution in [3.8, 4) is 16.9 Å². The van der Waals surface area contributed by atoms with E-state index in [1.165, 1.54) is 6.07 Å². The number of anilines is 1. The monoisotopic (exact) mass is 475 g/mol. The summed E-state index contributed by atoms with van der Waals surface area (Å²) in [5.41, 5.74) is 3.89. The highest BCUT2D eigenvalue weighted by molar-refractivity contribution is 5.86. The number of halogens is 1. The smallest absolute Gasteiger partial charge is 0.333 e. The maximum absolute atomic E-state index is 14.6. The number of hydrogen-bond acceptors (Lipinski definition) is 6. The van der Waals surface area contributed by atoms with E-state index in [0.717, 1.165) is 29.0 Å². The number of carbonyl (C=O) groups is 1. The van der Waals surface area contributed by atoms with Gasteiger partial charge in [0.25, 0.3) is 0 Å². The van der Waals surface area contributed by atoms with E-state index in [4.69, 9.17) is 9.47 Å². The molecule has 0 amide bonds. The van der Waals surface area contributed by atoms with Crippen LogP contribution in [0.4, 0.5) is 21.5 Å². The third kappa shape index (κ3) is 7.78. The van der Waals surface area contributed by atoms with E-state index < -0.39 is 5.82 Å². The highest BCUT2D eigenvalue weighted by Crippen LogP contribution is 2.29. The predicted molar refractivity (Wildman–Crippen MR) is 137 cm³/mol. The quantitative estimate of drug-likeness (QED) is 0.127. The lowest BCUT2D eigenvalue weighted by Crippen LogP contribution is -2.07. The molecule has 0 saturated carbocycles. The van der Waals surface area contributed by atoms with E-state index >= 15 is 0 Å². The lowest BCUT2D eigenvalue weighted by molar-refractivity contribution is -0.139. The van der Waals surface area contributed by atoms with Gasteiger partial charge in [-0.2, -0.15) is 5.11 Å². The molecule has 0 aliphatic heterocycles. The Bertz CT molecular complexity index is 1170. The van der Waals surface area contributed by atoms with Gasteiger partial charge in [0.2, 0.25) is 0 Å². The summed E-state index contributed by atoms with van der Waals surface area (Å²) in [4.78, 5) is 13.3. The Morgan fingerprint density at radius 1 is 0.914 bits per heavy atom. The molecule has 0 aliphatic rings. The van der Waals surface area contributed by atoms with Crippen LogP contribution in [0, 0.1) is 5.82 Å². The van der Waals surface area contributed by atoms with Crippen molar-refractivity contribution in [1.29, 1.82) is 0 Å². The summed E-state index contributed by atoms with van der Waals surface area (Å²) in [7, 11) is 3.92. The van der Waals surface area contributed by atoms with Gasteiger partial charge in [-0.25, -0.2) is 9.18 Å². The fraction of sp³-hybridized carbons (Fsp3) is 0.250. The van der Waals surface area contributed by atoms with Crippen LogP contribution in [0.1, 0.15) is 19.8 Å². The number of benzene rings is 3. The Morgan fingerprint density at radius 3 is 2.20 bits per heavy atom. The Kier molecular flexibility index (Phi) is 9.12. The average Bonchev–Trinajstić information content (AvgIpc) is 2.85. The van der Waals surface area contributed by atoms with Crippen molar-refractivity contribution in [2.75, 3.05) is 32.2 Å². The molecule has 0 unspecified atom stereocenters. The minimum Gasteiger partial charge on any atom is -0.494 e. The number of rotatable bonds is 11. The van der Waals surface area contributed by atoms with Crippen LogP contribution in [0.15, 0.2) is 89.1 Å². The predicted octanol–water partition coefficient (Wildman–Crippen LogP) is 7.25. The van der Waals surface area contributed by atoms with Crippen molar-refractivity contribution in [1.82, 2.24) is 0 Å². The largest absolute Gasteiger partial charge is 0.494 e. The lowest BCUT2D eigenvalue weighted by Gasteiger charge is -2.11. The van der Waals surface area contributed by atoms with Crippen LogP contribution in [-0.2, 0) is 9.53 Å². The summed E-state index contributed by atoms with van der Waals surface area (Å²) >= 11 is 0. The molecule has 3 aromatic rings. The zero-order chi connectivity index (χ0) is 25.2. The van der Waals surface area contributed by atoms with Crippen molar-refractivity contribution in [2.24, 2.45) is 10.2 Å². The van der Waals surface area contributed by atoms with E-state index in [1.54, 1.807) is 13.0 Å². The summed E-state index contributed by atoms with van der Waals surface area (Å²) in [5.74, 6) is -0.0911. The standard InChI is InChI=1S/C28H30FN3O3/c1-20(2)28(33)35-18-6-5-17-34-25-14-7-21(8-15-25)22-9-16-27(26(29)19-22)31-30-23-10-12-24(13-11-23)32(3)4/h7-16,19H,1,5-6,17-18H2,2-4H3/b31-30+. The summed E-state index contributed by atoms with van der Waals surface area (Å²) in [6, 6.07) is 19.9. The number of hydrogen-bond donors (Lipinski definition) is 0. The number of nitrogens with zero attached hydrogens (tertiary/aromatic N) is 3. The molecule has 6 nitrogen and oxygen atoms in total. The van der Waals surface area contributed by atoms with Gasteiger partial charge in [0.15, 0.2) is 5.82 Å². The number of azo groups is 1. The number of carbonyl (C=O) groups excluding carboxylic acids is 1. The van der Waals surface area contributed by atoms with Crippen LogP contribution in [-0.4, -0.2) is 33.3 Å². The maximum atomic E-state index is 14.6. The van der Waals surface area contributed by atoms with Gasteiger partial charge in [0.05, 0.1) is 18.9 Å². The molecule has 0 heterocycles. The van der Waals surface area contributed by atoms with Crippen molar-refractivity contribution in [3.63, 3.8) is 0 Å². The van der Waals surface area contributed by atoms with Crippen molar-refractivity contribution in [2.45, 2.75) is 19.8 Å². The maximum Gasteiger partial charge on any atom is 0.333 e. The Balaban J connectivity index is 1.51. The number of esters is 1. The van der Waals surface area contributed by atoms with Gasteiger partial charge in [-0.05, 0) is 79.4 Å². The van der Waals surface area contributed by atoms with Crippen molar-refractivity contribution < 1.29 is 18.7 Å². The molecular weight excluding hydrogens is 445 g/mol. The van der Waals surface area contributed by atoms with Gasteiger partial charge in [-0.1, -0.05) is 24.8 Å². The lowest BCUT2D eigenvalue weighted by atomic mass is 10.1. The zero-order valence-corrected chi connectivity index (χ0v) is 20.3. The zero-order valence-electron chi connectivity index (χ0n) is 20.3. The minimum atomic E-state index is -0.441. The fourth-order valence-electron chi connectivity index (χ4n) is 3.12. The second kappa shape index (κ2) is 12.5. The summed E-state index contributed by atoms with van der Waals surface area (Å²) in [6.07, 6.45) is 1.47. The topological polar surface area (TPSA) is 63.5 Å². The van der Waals surface area contributed by atoms with Crippen molar-refractivity contribution in [3.05, 3.63) is 84.7 Å². The van der Waals surface area contributed by atoms with Crippen LogP contribution in [0.25, 0.3) is 11.1 Å². The molecule has 7 heteroatoms. The highest BCUT2D eigenvalue weighted by atomic mass is 19.1. The van der Waals surface area contributed by atoms with Gasteiger partial charge >= 0.3 is 5.97 Å². The molecule has 0 aromatic heterocycles. The Morgan fingerprint density at radius 2 is 1.57 bits per heavy atom. The molecule has 0 spiro atoms. The molecule has 0 bridgehead atoms. The first-order valence-electron chi connectivity index (χ1n) is 11.4. The summed E-state index contributed by atoms with van der Waals surface area (Å²) < 4.78 is 25.4. The van der Waals surface area contributed by atoms with E-state index in [2.05, 4.69) is 16.8 Å². The van der Waals surface area contributed by atoms with Crippen molar-refractivity contribution >= 4 is 23.0 Å².